The third-order valence-corrected chi connectivity index (χ3v) is 6.71. The number of benzene rings is 2. The zero-order valence-corrected chi connectivity index (χ0v) is 21.6. The van der Waals surface area contributed by atoms with E-state index in [0.29, 0.717) is 17.8 Å². The number of piperazine rings is 1. The largest absolute Gasteiger partial charge is 0.436 e. The maximum absolute atomic E-state index is 15.6. The molecule has 1 saturated heterocycles. The molecule has 3 heterocycles. The maximum Gasteiger partial charge on any atom is 0.416 e. The fourth-order valence-corrected chi connectivity index (χ4v) is 4.66. The lowest BCUT2D eigenvalue weighted by atomic mass is 10.2. The highest BCUT2D eigenvalue weighted by atomic mass is 19.4. The van der Waals surface area contributed by atoms with Crippen molar-refractivity contribution in [2.24, 2.45) is 0 Å². The molecule has 0 radical (unpaired) electrons. The lowest BCUT2D eigenvalue weighted by Gasteiger charge is -2.32. The van der Waals surface area contributed by atoms with E-state index in [2.05, 4.69) is 38.7 Å². The number of aromatic nitrogens is 3. The molecule has 2 aromatic carbocycles. The number of rotatable bonds is 7. The van der Waals surface area contributed by atoms with E-state index < -0.39 is 17.6 Å². The number of halogens is 4. The van der Waals surface area contributed by atoms with Crippen LogP contribution in [-0.2, 0) is 12.7 Å². The van der Waals surface area contributed by atoms with Crippen molar-refractivity contribution < 1.29 is 22.3 Å². The number of hydrogen-bond acceptors (Lipinski definition) is 6. The summed E-state index contributed by atoms with van der Waals surface area (Å²) in [7, 11) is 2.09. The normalized spacial score (nSPS) is 15.0. The molecule has 0 atom stereocenters. The molecule has 0 unspecified atom stereocenters. The Morgan fingerprint density at radius 1 is 1.05 bits per heavy atom. The number of alkyl halides is 3. The second-order valence-corrected chi connectivity index (χ2v) is 9.61. The van der Waals surface area contributed by atoms with Crippen LogP contribution in [0.25, 0.3) is 16.7 Å². The van der Waals surface area contributed by atoms with Crippen molar-refractivity contribution in [3.63, 3.8) is 0 Å². The molecule has 39 heavy (non-hydrogen) atoms. The molecule has 0 spiro atoms. The number of hydrogen-bond donors (Lipinski definition) is 1. The minimum Gasteiger partial charge on any atom is -0.436 e. The molecule has 5 rings (SSSR count). The molecule has 7 nitrogen and oxygen atoms in total. The van der Waals surface area contributed by atoms with Gasteiger partial charge in [-0.05, 0) is 50.4 Å². The van der Waals surface area contributed by atoms with E-state index in [-0.39, 0.29) is 28.5 Å². The topological polar surface area (TPSA) is 58.5 Å². The van der Waals surface area contributed by atoms with Gasteiger partial charge in [0.1, 0.15) is 12.1 Å². The average Bonchev–Trinajstić information content (AvgIpc) is 3.24. The van der Waals surface area contributed by atoms with Gasteiger partial charge in [0.15, 0.2) is 11.6 Å². The molecule has 2 aromatic heterocycles. The van der Waals surface area contributed by atoms with Crippen molar-refractivity contribution in [1.29, 1.82) is 0 Å². The van der Waals surface area contributed by atoms with Crippen LogP contribution in [0.5, 0.6) is 11.6 Å². The number of likely N-dealkylation sites (N-methyl/N-ethyl adjacent to an activating group) is 1. The van der Waals surface area contributed by atoms with Gasteiger partial charge in [-0.2, -0.15) is 13.2 Å². The molecule has 4 aromatic rings. The molecule has 0 saturated carbocycles. The summed E-state index contributed by atoms with van der Waals surface area (Å²) in [6, 6.07) is 11.3. The Hall–Kier alpha value is -3.96. The van der Waals surface area contributed by atoms with E-state index >= 15 is 4.39 Å². The van der Waals surface area contributed by atoms with Gasteiger partial charge in [-0.1, -0.05) is 12.6 Å². The SMILES string of the molecule is C=C(Nc1cccc(C(F)(F)F)c1)n1c(C)cc2c(F)c(Oc3cc(CN4CCN(C)CC4)ncn3)ccc21. The minimum atomic E-state index is -4.47. The number of nitrogens with zero attached hydrogens (tertiary/aromatic N) is 5. The van der Waals surface area contributed by atoms with Gasteiger partial charge >= 0.3 is 6.18 Å². The molecule has 1 aliphatic heterocycles. The molecule has 0 bridgehead atoms. The second kappa shape index (κ2) is 10.7. The number of anilines is 1. The lowest BCUT2D eigenvalue weighted by molar-refractivity contribution is -0.137. The molecule has 0 amide bonds. The van der Waals surface area contributed by atoms with E-state index in [0.717, 1.165) is 44.0 Å². The Morgan fingerprint density at radius 2 is 1.82 bits per heavy atom. The Balaban J connectivity index is 1.35. The third kappa shape index (κ3) is 5.89. The predicted octanol–water partition coefficient (Wildman–Crippen LogP) is 5.98. The van der Waals surface area contributed by atoms with Crippen LogP contribution in [0.15, 0.2) is 61.4 Å². The van der Waals surface area contributed by atoms with Crippen LogP contribution >= 0.6 is 0 Å². The molecule has 1 aliphatic rings. The standard InChI is InChI=1S/C28H28F4N6O/c1-18-13-23-24(38(18)19(2)35-21-6-4-5-20(14-21)28(30,31)32)7-8-25(27(23)29)39-26-15-22(33-17-34-26)16-37-11-9-36(3)10-12-37/h4-8,13-15,17,35H,2,9-12,16H2,1,3H3. The van der Waals surface area contributed by atoms with Crippen molar-refractivity contribution in [3.8, 4) is 11.6 Å². The van der Waals surface area contributed by atoms with Crippen LogP contribution in [0.4, 0.5) is 23.2 Å². The van der Waals surface area contributed by atoms with Crippen LogP contribution in [0.3, 0.4) is 0 Å². The summed E-state index contributed by atoms with van der Waals surface area (Å²) in [5.74, 6) is -0.0702. The first-order valence-electron chi connectivity index (χ1n) is 12.4. The van der Waals surface area contributed by atoms with Crippen molar-refractivity contribution >= 4 is 22.4 Å². The summed E-state index contributed by atoms with van der Waals surface area (Å²) in [6.45, 7) is 10.2. The van der Waals surface area contributed by atoms with E-state index in [4.69, 9.17) is 4.74 Å². The molecule has 0 aliphatic carbocycles. The first-order valence-corrected chi connectivity index (χ1v) is 12.4. The predicted molar refractivity (Wildman–Crippen MR) is 142 cm³/mol. The van der Waals surface area contributed by atoms with Crippen LogP contribution < -0.4 is 10.1 Å². The maximum atomic E-state index is 15.6. The monoisotopic (exact) mass is 540 g/mol. The second-order valence-electron chi connectivity index (χ2n) is 9.61. The van der Waals surface area contributed by atoms with Crippen molar-refractivity contribution in [3.05, 3.63) is 84.2 Å². The van der Waals surface area contributed by atoms with Gasteiger partial charge in [0.25, 0.3) is 0 Å². The summed E-state index contributed by atoms with van der Waals surface area (Å²) in [5.41, 5.74) is 1.35. The van der Waals surface area contributed by atoms with E-state index in [9.17, 15) is 13.2 Å². The third-order valence-electron chi connectivity index (χ3n) is 6.71. The molecule has 11 heteroatoms. The quantitative estimate of drug-likeness (QED) is 0.291. The first-order chi connectivity index (χ1) is 18.6. The Morgan fingerprint density at radius 3 is 2.56 bits per heavy atom. The van der Waals surface area contributed by atoms with Crippen molar-refractivity contribution in [1.82, 2.24) is 24.3 Å². The summed E-state index contributed by atoms with van der Waals surface area (Å²) in [6.07, 6.45) is -3.06. The van der Waals surface area contributed by atoms with Gasteiger partial charge in [0, 0.05) is 55.6 Å². The highest BCUT2D eigenvalue weighted by Gasteiger charge is 2.30. The smallest absolute Gasteiger partial charge is 0.416 e. The number of aryl methyl sites for hydroxylation is 1. The van der Waals surface area contributed by atoms with Crippen LogP contribution in [0.2, 0.25) is 0 Å². The number of ether oxygens (including phenoxy) is 1. The van der Waals surface area contributed by atoms with Crippen molar-refractivity contribution in [2.45, 2.75) is 19.6 Å². The molecular formula is C28H28F4N6O. The van der Waals surface area contributed by atoms with Gasteiger partial charge in [-0.25, -0.2) is 14.4 Å². The van der Waals surface area contributed by atoms with Gasteiger partial charge in [0.05, 0.1) is 16.8 Å². The minimum absolute atomic E-state index is 0.000321. The van der Waals surface area contributed by atoms with E-state index in [1.165, 1.54) is 24.5 Å². The van der Waals surface area contributed by atoms with E-state index in [1.54, 1.807) is 29.7 Å². The number of fused-ring (bicyclic) bond motifs is 1. The van der Waals surface area contributed by atoms with Gasteiger partial charge < -0.3 is 19.5 Å². The van der Waals surface area contributed by atoms with Crippen LogP contribution in [-0.4, -0.2) is 57.6 Å². The van der Waals surface area contributed by atoms with Gasteiger partial charge in [-0.15, -0.1) is 0 Å². The molecule has 204 valence electrons. The highest BCUT2D eigenvalue weighted by molar-refractivity contribution is 5.88. The fourth-order valence-electron chi connectivity index (χ4n) is 4.66. The molecule has 1 N–H and O–H groups in total. The Bertz CT molecular complexity index is 1510. The lowest BCUT2D eigenvalue weighted by Crippen LogP contribution is -2.44. The highest BCUT2D eigenvalue weighted by Crippen LogP contribution is 2.34. The number of nitrogens with one attached hydrogen (secondary N) is 1. The summed E-state index contributed by atoms with van der Waals surface area (Å²) in [5, 5.41) is 3.18. The van der Waals surface area contributed by atoms with Crippen LogP contribution in [0, 0.1) is 12.7 Å². The van der Waals surface area contributed by atoms with Crippen LogP contribution in [0.1, 0.15) is 17.0 Å². The summed E-state index contributed by atoms with van der Waals surface area (Å²) < 4.78 is 62.3. The summed E-state index contributed by atoms with van der Waals surface area (Å²) >= 11 is 0. The van der Waals surface area contributed by atoms with Crippen molar-refractivity contribution in [2.75, 3.05) is 38.5 Å². The zero-order valence-electron chi connectivity index (χ0n) is 21.6. The fraction of sp³-hybridized carbons (Fsp3) is 0.286. The first kappa shape index (κ1) is 26.6. The summed E-state index contributed by atoms with van der Waals surface area (Å²) in [4.78, 5) is 13.0. The Kier molecular flexibility index (Phi) is 7.28. The molecule has 1 fully saturated rings. The Labute approximate surface area is 223 Å². The molecular weight excluding hydrogens is 512 g/mol. The van der Waals surface area contributed by atoms with E-state index in [1.807, 2.05) is 0 Å². The zero-order chi connectivity index (χ0) is 27.7. The van der Waals surface area contributed by atoms with Gasteiger partial charge in [0.2, 0.25) is 5.88 Å². The van der Waals surface area contributed by atoms with Gasteiger partial charge in [-0.3, -0.25) is 4.90 Å². The average molecular weight is 541 g/mol.